The molecule has 27 heavy (non-hydrogen) atoms. The smallest absolute Gasteiger partial charge is 0.255 e. The van der Waals surface area contributed by atoms with E-state index >= 15 is 0 Å². The van der Waals surface area contributed by atoms with Crippen LogP contribution in [0.25, 0.3) is 0 Å². The minimum atomic E-state index is -3.41. The maximum Gasteiger partial charge on any atom is 0.255 e. The average Bonchev–Trinajstić information content (AvgIpc) is 3.13. The van der Waals surface area contributed by atoms with Gasteiger partial charge in [0.05, 0.1) is 12.4 Å². The third-order valence-electron chi connectivity index (χ3n) is 3.98. The maximum absolute atomic E-state index is 12.5. The molecule has 1 saturated heterocycles. The Bertz CT molecular complexity index is 908. The lowest BCUT2D eigenvalue weighted by molar-refractivity contribution is 0.0680. The molecule has 0 unspecified atom stereocenters. The summed E-state index contributed by atoms with van der Waals surface area (Å²) in [6.07, 6.45) is 3.22. The van der Waals surface area contributed by atoms with Gasteiger partial charge in [-0.2, -0.15) is 0 Å². The molecule has 2 N–H and O–H groups in total. The van der Waals surface area contributed by atoms with E-state index in [0.717, 1.165) is 25.7 Å². The number of carbonyl (C=O) groups excluding carboxylic acids is 1. The highest BCUT2D eigenvalue weighted by molar-refractivity contribution is 7.92. The predicted molar refractivity (Wildman–Crippen MR) is 104 cm³/mol. The van der Waals surface area contributed by atoms with Gasteiger partial charge >= 0.3 is 0 Å². The van der Waals surface area contributed by atoms with Gasteiger partial charge in [-0.25, -0.2) is 8.42 Å². The van der Waals surface area contributed by atoms with Gasteiger partial charge in [-0.05, 0) is 43.2 Å². The van der Waals surface area contributed by atoms with E-state index in [0.29, 0.717) is 29.3 Å². The normalized spacial score (nSPS) is 16.7. The van der Waals surface area contributed by atoms with Gasteiger partial charge in [0.1, 0.15) is 12.4 Å². The number of amides is 1. The van der Waals surface area contributed by atoms with E-state index in [4.69, 9.17) is 9.47 Å². The second-order valence-electron chi connectivity index (χ2n) is 6.38. The molecule has 0 bridgehead atoms. The number of ether oxygens (including phenoxy) is 2. The highest BCUT2D eigenvalue weighted by atomic mass is 32.2. The molecule has 7 nitrogen and oxygen atoms in total. The fraction of sp³-hybridized carbons (Fsp3) is 0.316. The summed E-state index contributed by atoms with van der Waals surface area (Å²) in [5.41, 5.74) is 1.26. The molecule has 1 aliphatic heterocycles. The van der Waals surface area contributed by atoms with Gasteiger partial charge in [-0.3, -0.25) is 9.52 Å². The quantitative estimate of drug-likeness (QED) is 0.758. The van der Waals surface area contributed by atoms with E-state index < -0.39 is 10.0 Å². The van der Waals surface area contributed by atoms with Gasteiger partial charge in [0, 0.05) is 29.6 Å². The first-order valence-corrected chi connectivity index (χ1v) is 10.5. The molecule has 0 saturated carbocycles. The number of rotatable bonds is 7. The monoisotopic (exact) mass is 390 g/mol. The van der Waals surface area contributed by atoms with Crippen molar-refractivity contribution in [1.29, 1.82) is 0 Å². The van der Waals surface area contributed by atoms with Gasteiger partial charge in [-0.15, -0.1) is 0 Å². The molecule has 3 rings (SSSR count). The van der Waals surface area contributed by atoms with Crippen molar-refractivity contribution in [1.82, 2.24) is 0 Å². The van der Waals surface area contributed by atoms with E-state index in [-0.39, 0.29) is 12.0 Å². The maximum atomic E-state index is 12.5. The number of sulfonamides is 1. The summed E-state index contributed by atoms with van der Waals surface area (Å²) < 4.78 is 36.3. The van der Waals surface area contributed by atoms with Crippen molar-refractivity contribution in [2.45, 2.75) is 18.9 Å². The fourth-order valence-electron chi connectivity index (χ4n) is 2.77. The molecule has 1 aliphatic rings. The molecule has 0 spiro atoms. The largest absolute Gasteiger partial charge is 0.491 e. The molecular formula is C19H22N2O5S. The van der Waals surface area contributed by atoms with E-state index in [1.807, 2.05) is 6.07 Å². The van der Waals surface area contributed by atoms with Crippen molar-refractivity contribution in [3.05, 3.63) is 54.1 Å². The highest BCUT2D eigenvalue weighted by Gasteiger charge is 2.16. The third-order valence-corrected chi connectivity index (χ3v) is 4.59. The summed E-state index contributed by atoms with van der Waals surface area (Å²) in [7, 11) is -3.41. The van der Waals surface area contributed by atoms with E-state index in [1.54, 1.807) is 36.4 Å². The lowest BCUT2D eigenvalue weighted by Gasteiger charge is -2.13. The summed E-state index contributed by atoms with van der Waals surface area (Å²) in [6.45, 7) is 1.26. The molecule has 1 fully saturated rings. The van der Waals surface area contributed by atoms with Crippen LogP contribution in [0.3, 0.4) is 0 Å². The Labute approximate surface area is 158 Å². The van der Waals surface area contributed by atoms with Crippen LogP contribution >= 0.6 is 0 Å². The van der Waals surface area contributed by atoms with Gasteiger partial charge in [0.15, 0.2) is 0 Å². The summed E-state index contributed by atoms with van der Waals surface area (Å²) in [4.78, 5) is 12.5. The van der Waals surface area contributed by atoms with E-state index in [9.17, 15) is 13.2 Å². The molecule has 1 heterocycles. The number of anilines is 2. The molecule has 8 heteroatoms. The summed E-state index contributed by atoms with van der Waals surface area (Å²) >= 11 is 0. The molecule has 0 aromatic heterocycles. The van der Waals surface area contributed by atoms with Crippen molar-refractivity contribution in [3.63, 3.8) is 0 Å². The lowest BCUT2D eigenvalue weighted by Crippen LogP contribution is -2.16. The van der Waals surface area contributed by atoms with Crippen LogP contribution < -0.4 is 14.8 Å². The van der Waals surface area contributed by atoms with Crippen LogP contribution in [0, 0.1) is 0 Å². The highest BCUT2D eigenvalue weighted by Crippen LogP contribution is 2.21. The number of hydrogen-bond acceptors (Lipinski definition) is 5. The zero-order valence-electron chi connectivity index (χ0n) is 15.0. The topological polar surface area (TPSA) is 93.7 Å². The van der Waals surface area contributed by atoms with Crippen molar-refractivity contribution in [3.8, 4) is 5.75 Å². The second-order valence-corrected chi connectivity index (χ2v) is 8.13. The van der Waals surface area contributed by atoms with Crippen LogP contribution in [-0.4, -0.2) is 39.9 Å². The zero-order chi connectivity index (χ0) is 19.3. The minimum absolute atomic E-state index is 0.119. The minimum Gasteiger partial charge on any atom is -0.491 e. The SMILES string of the molecule is CS(=O)(=O)Nc1cccc(C(=O)Nc2cccc(OC[C@@H]3CCCO3)c2)c1. The molecule has 2 aromatic carbocycles. The van der Waals surface area contributed by atoms with E-state index in [1.165, 1.54) is 6.07 Å². The number of hydrogen-bond donors (Lipinski definition) is 2. The van der Waals surface area contributed by atoms with Gasteiger partial charge < -0.3 is 14.8 Å². The zero-order valence-corrected chi connectivity index (χ0v) is 15.8. The summed E-state index contributed by atoms with van der Waals surface area (Å²) in [5, 5.41) is 2.79. The fourth-order valence-corrected chi connectivity index (χ4v) is 3.32. The van der Waals surface area contributed by atoms with Crippen molar-refractivity contribution < 1.29 is 22.7 Å². The van der Waals surface area contributed by atoms with Crippen LogP contribution in [0.2, 0.25) is 0 Å². The first kappa shape index (κ1) is 19.2. The summed E-state index contributed by atoms with van der Waals surface area (Å²) in [5.74, 6) is 0.305. The van der Waals surface area contributed by atoms with Gasteiger partial charge in [0.25, 0.3) is 5.91 Å². The molecule has 1 atom stereocenters. The van der Waals surface area contributed by atoms with Crippen LogP contribution in [0.4, 0.5) is 11.4 Å². The molecule has 0 radical (unpaired) electrons. The summed E-state index contributed by atoms with van der Waals surface area (Å²) in [6, 6.07) is 13.4. The molecule has 2 aromatic rings. The van der Waals surface area contributed by atoms with Gasteiger partial charge in [0.2, 0.25) is 10.0 Å². The van der Waals surface area contributed by atoms with Crippen molar-refractivity contribution in [2.24, 2.45) is 0 Å². The Hall–Kier alpha value is -2.58. The predicted octanol–water partition coefficient (Wildman–Crippen LogP) is 2.87. The lowest BCUT2D eigenvalue weighted by atomic mass is 10.2. The van der Waals surface area contributed by atoms with Crippen molar-refractivity contribution >= 4 is 27.3 Å². The Balaban J connectivity index is 1.63. The first-order chi connectivity index (χ1) is 12.9. The van der Waals surface area contributed by atoms with Crippen LogP contribution in [0.5, 0.6) is 5.75 Å². The van der Waals surface area contributed by atoms with Crippen LogP contribution in [0.15, 0.2) is 48.5 Å². The number of nitrogens with one attached hydrogen (secondary N) is 2. The Morgan fingerprint density at radius 2 is 1.96 bits per heavy atom. The first-order valence-electron chi connectivity index (χ1n) is 8.63. The van der Waals surface area contributed by atoms with Crippen LogP contribution in [0.1, 0.15) is 23.2 Å². The Morgan fingerprint density at radius 3 is 2.70 bits per heavy atom. The van der Waals surface area contributed by atoms with Gasteiger partial charge in [-0.1, -0.05) is 12.1 Å². The number of benzene rings is 2. The molecule has 144 valence electrons. The number of carbonyl (C=O) groups is 1. The average molecular weight is 390 g/mol. The van der Waals surface area contributed by atoms with Crippen LogP contribution in [-0.2, 0) is 14.8 Å². The molecule has 1 amide bonds. The third kappa shape index (κ3) is 5.97. The van der Waals surface area contributed by atoms with Crippen molar-refractivity contribution in [2.75, 3.05) is 29.5 Å². The van der Waals surface area contributed by atoms with E-state index in [2.05, 4.69) is 10.0 Å². The molecular weight excluding hydrogens is 368 g/mol. The second kappa shape index (κ2) is 8.41. The Kier molecular flexibility index (Phi) is 5.98. The standard InChI is InChI=1S/C19H22N2O5S/c1-27(23,24)21-16-7-2-5-14(11-16)19(22)20-15-6-3-8-17(12-15)26-13-18-9-4-10-25-18/h2-3,5-8,11-12,18,21H,4,9-10,13H2,1H3,(H,20,22)/t18-/m0/s1. The Morgan fingerprint density at radius 1 is 1.19 bits per heavy atom. The molecule has 0 aliphatic carbocycles.